The highest BCUT2D eigenvalue weighted by molar-refractivity contribution is 7.93. The third-order valence-corrected chi connectivity index (χ3v) is 11.4. The summed E-state index contributed by atoms with van der Waals surface area (Å²) in [6.45, 7) is 1.10. The van der Waals surface area contributed by atoms with Gasteiger partial charge in [-0.25, -0.2) is 13.9 Å². The molecular formula is C31H39F3N2O4S. The molecule has 10 heteroatoms. The maximum atomic E-state index is 14.1. The molecule has 224 valence electrons. The maximum absolute atomic E-state index is 14.1. The van der Waals surface area contributed by atoms with Crippen molar-refractivity contribution in [1.82, 2.24) is 10.4 Å². The second kappa shape index (κ2) is 12.4. The highest BCUT2D eigenvalue weighted by Gasteiger charge is 2.54. The summed E-state index contributed by atoms with van der Waals surface area (Å²) < 4.78 is 64.0. The normalized spacial score (nSPS) is 20.6. The number of hydrogen-bond donors (Lipinski definition) is 1. The average Bonchev–Trinajstić information content (AvgIpc) is 3.82. The summed E-state index contributed by atoms with van der Waals surface area (Å²) in [6.07, 6.45) is 2.90. The van der Waals surface area contributed by atoms with Crippen LogP contribution in [0.4, 0.5) is 13.2 Å². The molecular weight excluding hydrogens is 553 g/mol. The van der Waals surface area contributed by atoms with Gasteiger partial charge in [0.1, 0.15) is 0 Å². The van der Waals surface area contributed by atoms with Crippen molar-refractivity contribution in [2.45, 2.75) is 105 Å². The number of rotatable bonds is 10. The number of benzene rings is 2. The Hall–Kier alpha value is -2.43. The van der Waals surface area contributed by atoms with Crippen LogP contribution in [0, 0.1) is 0 Å². The Bertz CT molecular complexity index is 1280. The van der Waals surface area contributed by atoms with Gasteiger partial charge < -0.3 is 4.90 Å². The zero-order chi connectivity index (χ0) is 29.1. The quantitative estimate of drug-likeness (QED) is 0.324. The van der Waals surface area contributed by atoms with Gasteiger partial charge in [-0.2, -0.15) is 13.2 Å². The Morgan fingerprint density at radius 3 is 2.05 bits per heavy atom. The summed E-state index contributed by atoms with van der Waals surface area (Å²) in [7, 11) is -4.04. The number of carbonyl (C=O) groups excluding carboxylic acids is 1. The van der Waals surface area contributed by atoms with Crippen molar-refractivity contribution in [2.75, 3.05) is 13.1 Å². The van der Waals surface area contributed by atoms with Crippen LogP contribution < -0.4 is 5.48 Å². The number of hydrogen-bond acceptors (Lipinski definition) is 5. The van der Waals surface area contributed by atoms with Crippen LogP contribution in [-0.4, -0.2) is 55.4 Å². The van der Waals surface area contributed by atoms with Crippen molar-refractivity contribution in [3.05, 3.63) is 54.1 Å². The van der Waals surface area contributed by atoms with E-state index in [-0.39, 0.29) is 30.3 Å². The summed E-state index contributed by atoms with van der Waals surface area (Å²) >= 11 is 0. The van der Waals surface area contributed by atoms with E-state index in [2.05, 4.69) is 10.4 Å². The molecule has 1 N–H and O–H groups in total. The van der Waals surface area contributed by atoms with Crippen LogP contribution in [0.25, 0.3) is 11.1 Å². The minimum absolute atomic E-state index is 0.0366. The van der Waals surface area contributed by atoms with E-state index in [1.165, 1.54) is 0 Å². The van der Waals surface area contributed by atoms with Gasteiger partial charge in [-0.1, -0.05) is 55.7 Å². The first-order chi connectivity index (χ1) is 19.6. The second-order valence-electron chi connectivity index (χ2n) is 11.8. The van der Waals surface area contributed by atoms with Crippen molar-refractivity contribution in [3.63, 3.8) is 0 Å². The number of amides is 1. The lowest BCUT2D eigenvalue weighted by atomic mass is 9.94. The predicted molar refractivity (Wildman–Crippen MR) is 151 cm³/mol. The molecule has 0 unspecified atom stereocenters. The molecule has 0 radical (unpaired) electrons. The number of hydroxylamine groups is 1. The first-order valence-electron chi connectivity index (χ1n) is 14.8. The first-order valence-corrected chi connectivity index (χ1v) is 16.3. The van der Waals surface area contributed by atoms with Gasteiger partial charge in [0.15, 0.2) is 14.6 Å². The molecule has 6 nitrogen and oxygen atoms in total. The minimum Gasteiger partial charge on any atom is -0.300 e. The van der Waals surface area contributed by atoms with Crippen molar-refractivity contribution >= 4 is 15.7 Å². The molecule has 1 amide bonds. The molecule has 0 bridgehead atoms. The number of likely N-dealkylation sites (tertiary alicyclic amines) is 1. The Morgan fingerprint density at radius 1 is 0.902 bits per heavy atom. The third kappa shape index (κ3) is 7.14. The zero-order valence-electron chi connectivity index (χ0n) is 23.3. The summed E-state index contributed by atoms with van der Waals surface area (Å²) in [6, 6.07) is 14.3. The number of alkyl halides is 3. The summed E-state index contributed by atoms with van der Waals surface area (Å²) in [4.78, 5) is 21.7. The number of piperidine rings is 1. The number of aryl methyl sites for hydroxylation is 1. The van der Waals surface area contributed by atoms with E-state index >= 15 is 0 Å². The second-order valence-corrected chi connectivity index (χ2v) is 14.0. The molecule has 0 atom stereocenters. The van der Waals surface area contributed by atoms with Gasteiger partial charge in [0, 0.05) is 25.6 Å². The Labute approximate surface area is 240 Å². The van der Waals surface area contributed by atoms with Crippen LogP contribution in [0.15, 0.2) is 53.4 Å². The van der Waals surface area contributed by atoms with Gasteiger partial charge in [-0.15, -0.1) is 0 Å². The van der Waals surface area contributed by atoms with Crippen molar-refractivity contribution < 1.29 is 31.2 Å². The lowest BCUT2D eigenvalue weighted by molar-refractivity contribution is -0.144. The summed E-state index contributed by atoms with van der Waals surface area (Å²) in [5.74, 6) is -0.580. The molecule has 1 saturated heterocycles. The van der Waals surface area contributed by atoms with E-state index in [4.69, 9.17) is 4.84 Å². The number of nitrogens with zero attached hydrogens (tertiary/aromatic N) is 1. The van der Waals surface area contributed by atoms with Crippen LogP contribution in [0.3, 0.4) is 0 Å². The fraction of sp³-hybridized carbons (Fsp3) is 0.581. The molecule has 41 heavy (non-hydrogen) atoms. The molecule has 5 rings (SSSR count). The van der Waals surface area contributed by atoms with E-state index in [9.17, 15) is 26.4 Å². The lowest BCUT2D eigenvalue weighted by Gasteiger charge is -2.40. The Kier molecular flexibility index (Phi) is 9.11. The Balaban J connectivity index is 1.30. The van der Waals surface area contributed by atoms with E-state index in [1.54, 1.807) is 36.4 Å². The average molecular weight is 593 g/mol. The van der Waals surface area contributed by atoms with E-state index < -0.39 is 33.1 Å². The van der Waals surface area contributed by atoms with Crippen LogP contribution in [0.1, 0.15) is 76.2 Å². The zero-order valence-corrected chi connectivity index (χ0v) is 24.1. The summed E-state index contributed by atoms with van der Waals surface area (Å²) in [5.41, 5.74) is 5.00. The molecule has 0 aromatic heterocycles. The van der Waals surface area contributed by atoms with Crippen LogP contribution in [0.5, 0.6) is 0 Å². The highest BCUT2D eigenvalue weighted by Crippen LogP contribution is 2.40. The minimum atomic E-state index is -4.15. The smallest absolute Gasteiger partial charge is 0.300 e. The topological polar surface area (TPSA) is 75.7 Å². The standard InChI is InChI=1S/C31H39F3N2O4S/c32-31(33,34)18-4-5-23-8-10-24(11-9-23)25-12-16-28(17-13-25)41(38,39)30(19-21-36(22-20-30)26-14-15-26)29(37)35-40-27-6-2-1-3-7-27/h8-13,16-17,26-27H,1-7,14-15,18-22H2,(H,35,37). The van der Waals surface area contributed by atoms with E-state index in [0.29, 0.717) is 25.6 Å². The number of nitrogens with one attached hydrogen (secondary N) is 1. The Morgan fingerprint density at radius 2 is 1.49 bits per heavy atom. The molecule has 0 spiro atoms. The largest absolute Gasteiger partial charge is 0.389 e. The lowest BCUT2D eigenvalue weighted by Crippen LogP contribution is -2.58. The van der Waals surface area contributed by atoms with Gasteiger partial charge in [0.25, 0.3) is 5.91 Å². The predicted octanol–water partition coefficient (Wildman–Crippen LogP) is 6.39. The molecule has 1 heterocycles. The molecule has 3 aliphatic rings. The van der Waals surface area contributed by atoms with Crippen LogP contribution in [0.2, 0.25) is 0 Å². The van der Waals surface area contributed by atoms with Gasteiger partial charge in [-0.3, -0.25) is 9.63 Å². The monoisotopic (exact) mass is 592 g/mol. The third-order valence-electron chi connectivity index (χ3n) is 8.85. The first kappa shape index (κ1) is 30.0. The van der Waals surface area contributed by atoms with Crippen LogP contribution >= 0.6 is 0 Å². The van der Waals surface area contributed by atoms with Gasteiger partial charge >= 0.3 is 6.18 Å². The van der Waals surface area contributed by atoms with Crippen molar-refractivity contribution in [3.8, 4) is 11.1 Å². The van der Waals surface area contributed by atoms with Crippen molar-refractivity contribution in [2.24, 2.45) is 0 Å². The van der Waals surface area contributed by atoms with Crippen LogP contribution in [-0.2, 0) is 25.9 Å². The molecule has 2 aromatic carbocycles. The van der Waals surface area contributed by atoms with Crippen molar-refractivity contribution in [1.29, 1.82) is 0 Å². The number of halogens is 3. The molecule has 2 aromatic rings. The van der Waals surface area contributed by atoms with E-state index in [1.807, 2.05) is 12.1 Å². The molecule has 3 fully saturated rings. The highest BCUT2D eigenvalue weighted by atomic mass is 32.2. The van der Waals surface area contributed by atoms with Gasteiger partial charge in [-0.05, 0) is 80.2 Å². The summed E-state index contributed by atoms with van der Waals surface area (Å²) in [5, 5.41) is 0. The SMILES string of the molecule is O=C(NOC1CCCCC1)C1(S(=O)(=O)c2ccc(-c3ccc(CCCC(F)(F)F)cc3)cc2)CCN(C2CC2)CC1. The fourth-order valence-corrected chi connectivity index (χ4v) is 8.08. The molecule has 2 saturated carbocycles. The van der Waals surface area contributed by atoms with Gasteiger partial charge in [0.05, 0.1) is 11.0 Å². The number of carbonyl (C=O) groups is 1. The molecule has 2 aliphatic carbocycles. The number of sulfone groups is 1. The maximum Gasteiger partial charge on any atom is 0.389 e. The van der Waals surface area contributed by atoms with Gasteiger partial charge in [0.2, 0.25) is 0 Å². The van der Waals surface area contributed by atoms with E-state index in [0.717, 1.165) is 61.6 Å². The molecule has 1 aliphatic heterocycles. The fourth-order valence-electron chi connectivity index (χ4n) is 6.13.